The molecule has 0 aliphatic carbocycles. The quantitative estimate of drug-likeness (QED) is 0.555. The summed E-state index contributed by atoms with van der Waals surface area (Å²) in [4.78, 5) is 8.46. The highest BCUT2D eigenvalue weighted by Gasteiger charge is 2.24. The van der Waals surface area contributed by atoms with Crippen LogP contribution in [0.2, 0.25) is 0 Å². The van der Waals surface area contributed by atoms with E-state index in [2.05, 4.69) is 20.2 Å². The Morgan fingerprint density at radius 2 is 2.04 bits per heavy atom. The monoisotopic (exact) mass is 363 g/mol. The van der Waals surface area contributed by atoms with Gasteiger partial charge < -0.3 is 9.26 Å². The number of aromatic nitrogens is 5. The predicted molar refractivity (Wildman–Crippen MR) is 92.7 cm³/mol. The standard InChI is InChI=1S/C19H14FN5O2/c20-14-5-3-12(4-6-14)17-10-25-15(11-26-17)8-16(23-25)19-22-18(24-27-19)13-2-1-7-21-9-13/h1-9,17H,10-11H2/t17-/m1/s1. The third-order valence-electron chi connectivity index (χ3n) is 4.44. The van der Waals surface area contributed by atoms with E-state index in [-0.39, 0.29) is 11.9 Å². The largest absolute Gasteiger partial charge is 0.365 e. The van der Waals surface area contributed by atoms with Crippen LogP contribution in [0.1, 0.15) is 17.4 Å². The summed E-state index contributed by atoms with van der Waals surface area (Å²) in [5, 5.41) is 8.57. The van der Waals surface area contributed by atoms with Crippen LogP contribution in [0.3, 0.4) is 0 Å². The molecule has 0 unspecified atom stereocenters. The first-order chi connectivity index (χ1) is 13.3. The van der Waals surface area contributed by atoms with E-state index in [0.717, 1.165) is 16.8 Å². The van der Waals surface area contributed by atoms with Gasteiger partial charge in [-0.15, -0.1) is 0 Å². The first-order valence-electron chi connectivity index (χ1n) is 8.44. The van der Waals surface area contributed by atoms with E-state index in [1.54, 1.807) is 24.5 Å². The van der Waals surface area contributed by atoms with Gasteiger partial charge >= 0.3 is 0 Å². The Morgan fingerprint density at radius 1 is 1.15 bits per heavy atom. The van der Waals surface area contributed by atoms with E-state index in [4.69, 9.17) is 9.26 Å². The number of nitrogens with zero attached hydrogens (tertiary/aromatic N) is 5. The summed E-state index contributed by atoms with van der Waals surface area (Å²) in [6, 6.07) is 11.9. The molecule has 1 aliphatic rings. The average molecular weight is 363 g/mol. The number of hydrogen-bond acceptors (Lipinski definition) is 6. The predicted octanol–water partition coefficient (Wildman–Crippen LogP) is 3.41. The molecule has 0 saturated carbocycles. The van der Waals surface area contributed by atoms with Gasteiger partial charge in [-0.25, -0.2) is 4.39 Å². The molecular weight excluding hydrogens is 349 g/mol. The number of pyridine rings is 1. The van der Waals surface area contributed by atoms with Crippen LogP contribution in [0.15, 0.2) is 59.4 Å². The molecule has 1 aliphatic heterocycles. The van der Waals surface area contributed by atoms with Gasteiger partial charge in [-0.1, -0.05) is 17.3 Å². The number of rotatable bonds is 3. The summed E-state index contributed by atoms with van der Waals surface area (Å²) in [6.07, 6.45) is 3.18. The van der Waals surface area contributed by atoms with Gasteiger partial charge in [-0.2, -0.15) is 10.1 Å². The Balaban J connectivity index is 1.40. The molecule has 8 heteroatoms. The molecule has 0 saturated heterocycles. The number of halogens is 1. The fourth-order valence-corrected chi connectivity index (χ4v) is 3.05. The number of benzene rings is 1. The van der Waals surface area contributed by atoms with Crippen LogP contribution in [0, 0.1) is 5.82 Å². The second-order valence-electron chi connectivity index (χ2n) is 6.22. The highest BCUT2D eigenvalue weighted by molar-refractivity contribution is 5.56. The van der Waals surface area contributed by atoms with Gasteiger partial charge in [0.25, 0.3) is 5.89 Å². The Bertz CT molecular complexity index is 1080. The Labute approximate surface area is 153 Å². The lowest BCUT2D eigenvalue weighted by Gasteiger charge is -2.24. The first-order valence-corrected chi connectivity index (χ1v) is 8.44. The lowest BCUT2D eigenvalue weighted by Crippen LogP contribution is -2.21. The van der Waals surface area contributed by atoms with E-state index in [1.165, 1.54) is 12.1 Å². The number of hydrogen-bond donors (Lipinski definition) is 0. The third-order valence-corrected chi connectivity index (χ3v) is 4.44. The zero-order valence-corrected chi connectivity index (χ0v) is 14.1. The molecular formula is C19H14FN5O2. The summed E-state index contributed by atoms with van der Waals surface area (Å²) in [5.41, 5.74) is 3.20. The van der Waals surface area contributed by atoms with Crippen LogP contribution in [0.5, 0.6) is 0 Å². The summed E-state index contributed by atoms with van der Waals surface area (Å²) < 4.78 is 26.2. The zero-order chi connectivity index (χ0) is 18.2. The molecule has 1 atom stereocenters. The molecule has 4 heterocycles. The van der Waals surface area contributed by atoms with Gasteiger partial charge in [-0.3, -0.25) is 9.67 Å². The van der Waals surface area contributed by atoms with Crippen LogP contribution in [0.4, 0.5) is 4.39 Å². The van der Waals surface area contributed by atoms with Crippen molar-refractivity contribution in [3.05, 3.63) is 71.9 Å². The Hall–Kier alpha value is -3.39. The second kappa shape index (κ2) is 6.40. The number of fused-ring (bicyclic) bond motifs is 1. The average Bonchev–Trinajstić information content (AvgIpc) is 3.36. The van der Waals surface area contributed by atoms with Gasteiger partial charge in [0.15, 0.2) is 5.69 Å². The fourth-order valence-electron chi connectivity index (χ4n) is 3.05. The maximum Gasteiger partial charge on any atom is 0.278 e. The van der Waals surface area contributed by atoms with Crippen LogP contribution in [-0.2, 0) is 17.9 Å². The minimum atomic E-state index is -0.266. The Kier molecular flexibility index (Phi) is 3.75. The van der Waals surface area contributed by atoms with Crippen LogP contribution >= 0.6 is 0 Å². The molecule has 0 bridgehead atoms. The van der Waals surface area contributed by atoms with E-state index < -0.39 is 0 Å². The summed E-state index contributed by atoms with van der Waals surface area (Å²) in [7, 11) is 0. The van der Waals surface area contributed by atoms with Crippen LogP contribution in [-0.4, -0.2) is 24.9 Å². The molecule has 0 N–H and O–H groups in total. The molecule has 5 rings (SSSR count). The molecule has 7 nitrogen and oxygen atoms in total. The maximum absolute atomic E-state index is 13.1. The molecule has 0 spiro atoms. The van der Waals surface area contributed by atoms with Crippen molar-refractivity contribution in [1.82, 2.24) is 24.9 Å². The molecule has 0 fully saturated rings. The molecule has 134 valence electrons. The van der Waals surface area contributed by atoms with Crippen molar-refractivity contribution < 1.29 is 13.7 Å². The lowest BCUT2D eigenvalue weighted by atomic mass is 10.1. The SMILES string of the molecule is Fc1ccc([C@H]2Cn3nc(-c4nc(-c5cccnc5)no4)cc3CO2)cc1. The van der Waals surface area contributed by atoms with Gasteiger partial charge in [0.1, 0.15) is 11.9 Å². The van der Waals surface area contributed by atoms with Crippen molar-refractivity contribution in [3.8, 4) is 23.0 Å². The Morgan fingerprint density at radius 3 is 2.85 bits per heavy atom. The van der Waals surface area contributed by atoms with Gasteiger partial charge in [0.05, 0.1) is 18.8 Å². The van der Waals surface area contributed by atoms with Crippen LogP contribution < -0.4 is 0 Å². The van der Waals surface area contributed by atoms with E-state index in [0.29, 0.717) is 30.6 Å². The fraction of sp³-hybridized carbons (Fsp3) is 0.158. The maximum atomic E-state index is 13.1. The summed E-state index contributed by atoms with van der Waals surface area (Å²) in [6.45, 7) is 0.934. The molecule has 4 aromatic rings. The summed E-state index contributed by atoms with van der Waals surface area (Å²) >= 11 is 0. The third kappa shape index (κ3) is 3.00. The van der Waals surface area contributed by atoms with Crippen molar-refractivity contribution in [1.29, 1.82) is 0 Å². The minimum absolute atomic E-state index is 0.181. The van der Waals surface area contributed by atoms with Gasteiger partial charge in [0, 0.05) is 18.0 Å². The molecule has 0 amide bonds. The van der Waals surface area contributed by atoms with Gasteiger partial charge in [0.2, 0.25) is 5.82 Å². The van der Waals surface area contributed by atoms with Crippen molar-refractivity contribution in [2.24, 2.45) is 0 Å². The van der Waals surface area contributed by atoms with Crippen molar-refractivity contribution in [2.75, 3.05) is 0 Å². The van der Waals surface area contributed by atoms with Crippen LogP contribution in [0.25, 0.3) is 23.0 Å². The molecule has 1 aromatic carbocycles. The highest BCUT2D eigenvalue weighted by Crippen LogP contribution is 2.29. The molecule has 0 radical (unpaired) electrons. The van der Waals surface area contributed by atoms with Gasteiger partial charge in [-0.05, 0) is 35.9 Å². The van der Waals surface area contributed by atoms with E-state index >= 15 is 0 Å². The molecule has 3 aromatic heterocycles. The molecule has 27 heavy (non-hydrogen) atoms. The van der Waals surface area contributed by atoms with E-state index in [1.807, 2.05) is 22.9 Å². The summed E-state index contributed by atoms with van der Waals surface area (Å²) in [5.74, 6) is 0.538. The highest BCUT2D eigenvalue weighted by atomic mass is 19.1. The van der Waals surface area contributed by atoms with Crippen molar-refractivity contribution in [3.63, 3.8) is 0 Å². The van der Waals surface area contributed by atoms with Crippen molar-refractivity contribution in [2.45, 2.75) is 19.3 Å². The topological polar surface area (TPSA) is 78.9 Å². The zero-order valence-electron chi connectivity index (χ0n) is 14.1. The normalized spacial score (nSPS) is 16.3. The van der Waals surface area contributed by atoms with E-state index in [9.17, 15) is 4.39 Å². The van der Waals surface area contributed by atoms with Crippen molar-refractivity contribution >= 4 is 0 Å². The smallest absolute Gasteiger partial charge is 0.278 e. The second-order valence-corrected chi connectivity index (χ2v) is 6.22. The first kappa shape index (κ1) is 15.8. The lowest BCUT2D eigenvalue weighted by molar-refractivity contribution is -0.00116. The minimum Gasteiger partial charge on any atom is -0.365 e. The number of ether oxygens (including phenoxy) is 1.